The van der Waals surface area contributed by atoms with Crippen LogP contribution in [0.4, 0.5) is 0 Å². The third kappa shape index (κ3) is 12.7. The van der Waals surface area contributed by atoms with Gasteiger partial charge in [0.05, 0.1) is 25.9 Å². The van der Waals surface area contributed by atoms with Gasteiger partial charge in [-0.15, -0.1) is 0 Å². The van der Waals surface area contributed by atoms with Gasteiger partial charge in [0, 0.05) is 27.2 Å². The van der Waals surface area contributed by atoms with Crippen LogP contribution in [0.25, 0.3) is 6.08 Å². The van der Waals surface area contributed by atoms with E-state index in [9.17, 15) is 9.90 Å². The van der Waals surface area contributed by atoms with Gasteiger partial charge in [0.2, 0.25) is 0 Å². The SMILES string of the molecule is COCOc1cc(OC)cc(/C=C/C[C@@H]2OC(C)(C)O[C@@H]2C(O)C#C[C@H](C)[C@@H](C)O[Si](C)(C)C(C)(C)C)c1C(=O)OCC[Si](C)(C)C. The van der Waals surface area contributed by atoms with Gasteiger partial charge in [-0.25, -0.2) is 4.79 Å². The molecule has 266 valence electrons. The van der Waals surface area contributed by atoms with Crippen LogP contribution >= 0.6 is 0 Å². The molecular formula is C36H60O9Si2. The number of hydrogen-bond donors (Lipinski definition) is 1. The van der Waals surface area contributed by atoms with Crippen LogP contribution in [0.5, 0.6) is 11.5 Å². The van der Waals surface area contributed by atoms with E-state index in [1.807, 2.05) is 39.8 Å². The van der Waals surface area contributed by atoms with Crippen molar-refractivity contribution in [1.29, 1.82) is 0 Å². The van der Waals surface area contributed by atoms with Crippen LogP contribution in [0, 0.1) is 17.8 Å². The van der Waals surface area contributed by atoms with E-state index in [1.54, 1.807) is 19.2 Å². The maximum atomic E-state index is 13.4. The minimum Gasteiger partial charge on any atom is -0.497 e. The highest BCUT2D eigenvalue weighted by atomic mass is 28.4. The minimum absolute atomic E-state index is 0.0474. The van der Waals surface area contributed by atoms with E-state index in [4.69, 9.17) is 32.8 Å². The van der Waals surface area contributed by atoms with E-state index in [0.717, 1.165) is 6.04 Å². The Morgan fingerprint density at radius 1 is 1.09 bits per heavy atom. The number of rotatable bonds is 15. The Hall–Kier alpha value is -2.18. The highest BCUT2D eigenvalue weighted by molar-refractivity contribution is 6.76. The zero-order chi connectivity index (χ0) is 35.8. The Labute approximate surface area is 285 Å². The minimum atomic E-state index is -1.96. The lowest BCUT2D eigenvalue weighted by atomic mass is 10.0. The number of carbonyl (C=O) groups is 1. The Balaban J connectivity index is 2.29. The van der Waals surface area contributed by atoms with Crippen molar-refractivity contribution in [3.8, 4) is 23.3 Å². The third-order valence-electron chi connectivity index (χ3n) is 8.61. The van der Waals surface area contributed by atoms with Crippen molar-refractivity contribution in [1.82, 2.24) is 0 Å². The van der Waals surface area contributed by atoms with Gasteiger partial charge in [0.25, 0.3) is 0 Å². The summed E-state index contributed by atoms with van der Waals surface area (Å²) in [5.74, 6) is 5.55. The summed E-state index contributed by atoms with van der Waals surface area (Å²) >= 11 is 0. The number of hydrogen-bond acceptors (Lipinski definition) is 9. The standard InChI is InChI=1S/C36H60O9Si2/c1-25(26(2)45-47(13,14)35(3,4)5)18-19-29(37)33-30(43-36(6,7)44-33)17-15-16-27-22-28(40-9)23-31(42-24-39-8)32(27)34(38)41-20-21-46(10,11)12/h15-16,22-23,25-26,29-30,33,37H,17,20-21,24H2,1-14H3/b16-15+/t25-,26+,29?,30-,33+/m0/s1. The van der Waals surface area contributed by atoms with Crippen molar-refractivity contribution >= 4 is 28.4 Å². The first kappa shape index (κ1) is 41.0. The largest absolute Gasteiger partial charge is 0.497 e. The van der Waals surface area contributed by atoms with Crippen molar-refractivity contribution < 1.29 is 42.7 Å². The molecule has 0 bridgehead atoms. The molecule has 1 heterocycles. The predicted octanol–water partition coefficient (Wildman–Crippen LogP) is 7.51. The molecule has 1 aromatic rings. The average Bonchev–Trinajstić information content (AvgIpc) is 3.26. The topological polar surface area (TPSA) is 102 Å². The van der Waals surface area contributed by atoms with Crippen molar-refractivity contribution in [2.24, 2.45) is 5.92 Å². The van der Waals surface area contributed by atoms with Gasteiger partial charge in [0.15, 0.2) is 20.9 Å². The molecule has 0 amide bonds. The van der Waals surface area contributed by atoms with Gasteiger partial charge in [-0.1, -0.05) is 64.4 Å². The lowest BCUT2D eigenvalue weighted by Crippen LogP contribution is -2.44. The molecule has 0 spiro atoms. The second kappa shape index (κ2) is 17.0. The van der Waals surface area contributed by atoms with Gasteiger partial charge in [0.1, 0.15) is 29.3 Å². The maximum Gasteiger partial charge on any atom is 0.342 e. The molecule has 0 aromatic heterocycles. The molecule has 1 N–H and O–H groups in total. The number of carbonyl (C=O) groups excluding carboxylic acids is 1. The van der Waals surface area contributed by atoms with Crippen molar-refractivity contribution in [2.45, 2.75) is 129 Å². The van der Waals surface area contributed by atoms with Crippen LogP contribution in [0.15, 0.2) is 18.2 Å². The fourth-order valence-electron chi connectivity index (χ4n) is 4.64. The molecule has 2 rings (SSSR count). The molecule has 1 aliphatic rings. The van der Waals surface area contributed by atoms with Crippen LogP contribution < -0.4 is 9.47 Å². The van der Waals surface area contributed by atoms with Crippen LogP contribution in [0.3, 0.4) is 0 Å². The molecule has 47 heavy (non-hydrogen) atoms. The van der Waals surface area contributed by atoms with Gasteiger partial charge in [-0.05, 0) is 69.9 Å². The summed E-state index contributed by atoms with van der Waals surface area (Å²) in [6.07, 6.45) is 1.77. The highest BCUT2D eigenvalue weighted by Crippen LogP contribution is 2.38. The summed E-state index contributed by atoms with van der Waals surface area (Å²) in [6, 6.07) is 4.25. The number of aliphatic hydroxyl groups excluding tert-OH is 1. The summed E-state index contributed by atoms with van der Waals surface area (Å²) in [4.78, 5) is 13.4. The molecule has 0 radical (unpaired) electrons. The van der Waals surface area contributed by atoms with E-state index in [1.165, 1.54) is 7.11 Å². The van der Waals surface area contributed by atoms with Gasteiger partial charge in [-0.2, -0.15) is 0 Å². The monoisotopic (exact) mass is 692 g/mol. The zero-order valence-electron chi connectivity index (χ0n) is 31.2. The number of methoxy groups -OCH3 is 2. The van der Waals surface area contributed by atoms with Crippen LogP contribution in [0.1, 0.15) is 70.8 Å². The predicted molar refractivity (Wildman–Crippen MR) is 192 cm³/mol. The van der Waals surface area contributed by atoms with E-state index < -0.39 is 46.5 Å². The molecule has 1 unspecified atom stereocenters. The molecule has 1 fully saturated rings. The van der Waals surface area contributed by atoms with Gasteiger partial charge >= 0.3 is 5.97 Å². The van der Waals surface area contributed by atoms with Crippen LogP contribution in [-0.4, -0.2) is 85.3 Å². The highest BCUT2D eigenvalue weighted by Gasteiger charge is 2.44. The fraction of sp³-hybridized carbons (Fsp3) is 0.694. The molecule has 5 atom stereocenters. The molecular weight excluding hydrogens is 633 g/mol. The van der Waals surface area contributed by atoms with E-state index in [-0.39, 0.29) is 29.4 Å². The molecule has 1 saturated heterocycles. The summed E-state index contributed by atoms with van der Waals surface area (Å²) in [5, 5.41) is 11.3. The zero-order valence-corrected chi connectivity index (χ0v) is 33.2. The van der Waals surface area contributed by atoms with E-state index >= 15 is 0 Å². The van der Waals surface area contributed by atoms with Crippen LogP contribution in [-0.2, 0) is 23.4 Å². The lowest BCUT2D eigenvalue weighted by molar-refractivity contribution is -0.151. The second-order valence-electron chi connectivity index (χ2n) is 15.5. The van der Waals surface area contributed by atoms with Crippen LogP contribution in [0.2, 0.25) is 43.8 Å². The number of esters is 1. The van der Waals surface area contributed by atoms with Gasteiger partial charge < -0.3 is 38.0 Å². The maximum absolute atomic E-state index is 13.4. The van der Waals surface area contributed by atoms with Crippen molar-refractivity contribution in [2.75, 3.05) is 27.6 Å². The molecule has 11 heteroatoms. The first-order chi connectivity index (χ1) is 21.6. The molecule has 0 saturated carbocycles. The number of aliphatic hydroxyl groups is 1. The summed E-state index contributed by atoms with van der Waals surface area (Å²) in [5.41, 5.74) is 0.845. The number of benzene rings is 1. The number of ether oxygens (including phenoxy) is 6. The summed E-state index contributed by atoms with van der Waals surface area (Å²) in [6.45, 7) is 25.7. The Bertz CT molecular complexity index is 1270. The second-order valence-corrected chi connectivity index (χ2v) is 25.8. The summed E-state index contributed by atoms with van der Waals surface area (Å²) in [7, 11) is -0.308. The van der Waals surface area contributed by atoms with E-state index in [0.29, 0.717) is 30.1 Å². The van der Waals surface area contributed by atoms with Gasteiger partial charge in [-0.3, -0.25) is 0 Å². The smallest absolute Gasteiger partial charge is 0.342 e. The third-order valence-corrected chi connectivity index (χ3v) is 14.9. The summed E-state index contributed by atoms with van der Waals surface area (Å²) < 4.78 is 40.9. The normalized spacial score (nSPS) is 20.3. The molecule has 1 aliphatic heterocycles. The molecule has 1 aromatic carbocycles. The van der Waals surface area contributed by atoms with E-state index in [2.05, 4.69) is 65.3 Å². The Kier molecular flexibility index (Phi) is 14.8. The van der Waals surface area contributed by atoms with Crippen molar-refractivity contribution in [3.63, 3.8) is 0 Å². The Morgan fingerprint density at radius 3 is 2.32 bits per heavy atom. The molecule has 0 aliphatic carbocycles. The quantitative estimate of drug-likeness (QED) is 0.0866. The molecule has 9 nitrogen and oxygen atoms in total. The first-order valence-electron chi connectivity index (χ1n) is 16.5. The Morgan fingerprint density at radius 2 is 1.74 bits per heavy atom. The van der Waals surface area contributed by atoms with Crippen molar-refractivity contribution in [3.05, 3.63) is 29.3 Å². The average molecular weight is 693 g/mol. The fourth-order valence-corrected chi connectivity index (χ4v) is 6.84. The lowest BCUT2D eigenvalue weighted by Gasteiger charge is -2.39. The first-order valence-corrected chi connectivity index (χ1v) is 23.1.